The molecule has 2 aromatic carbocycles. The minimum atomic E-state index is -0.158. The molecular weight excluding hydrogens is 464 g/mol. The van der Waals surface area contributed by atoms with Crippen molar-refractivity contribution in [2.45, 2.75) is 39.2 Å². The summed E-state index contributed by atoms with van der Waals surface area (Å²) in [5, 5.41) is 7.52. The molecule has 37 heavy (non-hydrogen) atoms. The molecule has 0 atom stereocenters. The SMILES string of the molecule is COc1ccc2c(c1)CCc1cnc(-n3ncc(C(=O)NCc4ccc5c(c4)CCCN5C)c3C)nc1-2. The zero-order chi connectivity index (χ0) is 25.5. The average molecular weight is 495 g/mol. The molecule has 188 valence electrons. The maximum atomic E-state index is 13.1. The number of fused-ring (bicyclic) bond motifs is 4. The van der Waals surface area contributed by atoms with E-state index in [0.29, 0.717) is 23.8 Å². The lowest BCUT2D eigenvalue weighted by atomic mass is 9.90. The number of hydrogen-bond acceptors (Lipinski definition) is 6. The zero-order valence-corrected chi connectivity index (χ0v) is 21.4. The number of carbonyl (C=O) groups is 1. The highest BCUT2D eigenvalue weighted by Crippen LogP contribution is 2.34. The van der Waals surface area contributed by atoms with Crippen molar-refractivity contribution in [1.82, 2.24) is 25.1 Å². The van der Waals surface area contributed by atoms with Crippen molar-refractivity contribution in [1.29, 1.82) is 0 Å². The standard InChI is InChI=1S/C29H30N6O2/c1-18-25(28(36)30-15-19-6-11-26-21(13-19)5-4-12-34(26)2)17-32-35(18)29-31-16-22-8-7-20-14-23(37-3)9-10-24(20)27(22)33-29/h6,9-11,13-14,16-17H,4-5,7-8,12,15H2,1-3H3,(H,30,36). The Balaban J connectivity index is 1.22. The van der Waals surface area contributed by atoms with Crippen LogP contribution in [0.15, 0.2) is 48.8 Å². The number of carbonyl (C=O) groups excluding carboxylic acids is 1. The van der Waals surface area contributed by atoms with Gasteiger partial charge in [0.05, 0.1) is 30.3 Å². The first kappa shape index (κ1) is 23.2. The van der Waals surface area contributed by atoms with Crippen molar-refractivity contribution in [3.63, 3.8) is 0 Å². The van der Waals surface area contributed by atoms with Gasteiger partial charge in [-0.3, -0.25) is 4.79 Å². The zero-order valence-electron chi connectivity index (χ0n) is 21.4. The summed E-state index contributed by atoms with van der Waals surface area (Å²) in [5.41, 5.74) is 9.26. The molecule has 1 aliphatic carbocycles. The van der Waals surface area contributed by atoms with Gasteiger partial charge < -0.3 is 15.0 Å². The van der Waals surface area contributed by atoms with Gasteiger partial charge >= 0.3 is 0 Å². The lowest BCUT2D eigenvalue weighted by molar-refractivity contribution is 0.0950. The summed E-state index contributed by atoms with van der Waals surface area (Å²) < 4.78 is 7.03. The Hall–Kier alpha value is -4.20. The van der Waals surface area contributed by atoms with Crippen LogP contribution in [-0.2, 0) is 25.8 Å². The van der Waals surface area contributed by atoms with Crippen LogP contribution in [0.25, 0.3) is 17.2 Å². The van der Waals surface area contributed by atoms with Crippen molar-refractivity contribution < 1.29 is 9.53 Å². The van der Waals surface area contributed by atoms with E-state index in [2.05, 4.69) is 57.7 Å². The average Bonchev–Trinajstić information content (AvgIpc) is 3.32. The molecule has 4 aromatic rings. The van der Waals surface area contributed by atoms with Crippen LogP contribution in [0.4, 0.5) is 5.69 Å². The molecule has 0 unspecified atom stereocenters. The summed E-state index contributed by atoms with van der Waals surface area (Å²) >= 11 is 0. The second-order valence-electron chi connectivity index (χ2n) is 9.79. The minimum absolute atomic E-state index is 0.158. The number of nitrogens with one attached hydrogen (secondary N) is 1. The van der Waals surface area contributed by atoms with E-state index < -0.39 is 0 Å². The summed E-state index contributed by atoms with van der Waals surface area (Å²) in [6.07, 6.45) is 7.50. The number of hydrogen-bond donors (Lipinski definition) is 1. The number of aromatic nitrogens is 4. The van der Waals surface area contributed by atoms with Gasteiger partial charge in [0, 0.05) is 37.6 Å². The molecule has 0 saturated carbocycles. The van der Waals surface area contributed by atoms with Crippen molar-refractivity contribution in [3.8, 4) is 23.0 Å². The molecule has 1 amide bonds. The summed E-state index contributed by atoms with van der Waals surface area (Å²) in [6, 6.07) is 12.5. The van der Waals surface area contributed by atoms with E-state index in [9.17, 15) is 4.79 Å². The van der Waals surface area contributed by atoms with Gasteiger partial charge in [-0.15, -0.1) is 0 Å². The number of rotatable bonds is 5. The molecule has 0 spiro atoms. The summed E-state index contributed by atoms with van der Waals surface area (Å²) in [5.74, 6) is 1.14. The smallest absolute Gasteiger partial charge is 0.255 e. The number of nitrogens with zero attached hydrogens (tertiary/aromatic N) is 5. The van der Waals surface area contributed by atoms with E-state index >= 15 is 0 Å². The molecule has 0 radical (unpaired) electrons. The Bertz CT molecular complexity index is 1510. The lowest BCUT2D eigenvalue weighted by Gasteiger charge is -2.27. The second kappa shape index (κ2) is 9.35. The molecule has 6 rings (SSSR count). The van der Waals surface area contributed by atoms with E-state index in [4.69, 9.17) is 9.72 Å². The van der Waals surface area contributed by atoms with E-state index in [-0.39, 0.29) is 5.91 Å². The Morgan fingerprint density at radius 1 is 1.05 bits per heavy atom. The van der Waals surface area contributed by atoms with Crippen LogP contribution in [0.2, 0.25) is 0 Å². The topological polar surface area (TPSA) is 85.2 Å². The molecule has 2 aliphatic rings. The molecule has 8 nitrogen and oxygen atoms in total. The third-order valence-corrected chi connectivity index (χ3v) is 7.47. The predicted octanol–water partition coefficient (Wildman–Crippen LogP) is 4.06. The third-order valence-electron chi connectivity index (χ3n) is 7.47. The molecule has 0 bridgehead atoms. The first-order valence-corrected chi connectivity index (χ1v) is 12.7. The highest BCUT2D eigenvalue weighted by atomic mass is 16.5. The Morgan fingerprint density at radius 2 is 1.92 bits per heavy atom. The highest BCUT2D eigenvalue weighted by Gasteiger charge is 2.22. The molecular formula is C29H30N6O2. The molecule has 2 aromatic heterocycles. The fourth-order valence-corrected chi connectivity index (χ4v) is 5.38. The fourth-order valence-electron chi connectivity index (χ4n) is 5.38. The van der Waals surface area contributed by atoms with Crippen molar-refractivity contribution in [3.05, 3.63) is 82.3 Å². The van der Waals surface area contributed by atoms with Crippen LogP contribution < -0.4 is 15.0 Å². The van der Waals surface area contributed by atoms with Gasteiger partial charge in [-0.1, -0.05) is 12.1 Å². The number of benzene rings is 2. The fraction of sp³-hybridized carbons (Fsp3) is 0.310. The minimum Gasteiger partial charge on any atom is -0.497 e. The lowest BCUT2D eigenvalue weighted by Crippen LogP contribution is -2.26. The summed E-state index contributed by atoms with van der Waals surface area (Å²) in [4.78, 5) is 24.8. The number of methoxy groups -OCH3 is 1. The maximum Gasteiger partial charge on any atom is 0.255 e. The number of ether oxygens (including phenoxy) is 1. The monoisotopic (exact) mass is 494 g/mol. The third kappa shape index (κ3) is 4.22. The van der Waals surface area contributed by atoms with Crippen molar-refractivity contribution in [2.75, 3.05) is 25.6 Å². The summed E-state index contributed by atoms with van der Waals surface area (Å²) in [7, 11) is 3.81. The van der Waals surface area contributed by atoms with Crippen LogP contribution in [-0.4, -0.2) is 46.4 Å². The molecule has 1 N–H and O–H groups in total. The van der Waals surface area contributed by atoms with Crippen LogP contribution in [0.1, 0.15) is 44.7 Å². The number of amides is 1. The second-order valence-corrected chi connectivity index (χ2v) is 9.79. The highest BCUT2D eigenvalue weighted by molar-refractivity contribution is 5.95. The van der Waals surface area contributed by atoms with Gasteiger partial charge in [-0.2, -0.15) is 5.10 Å². The van der Waals surface area contributed by atoms with Crippen LogP contribution in [0.3, 0.4) is 0 Å². The first-order chi connectivity index (χ1) is 18.0. The molecule has 0 saturated heterocycles. The van der Waals surface area contributed by atoms with Crippen LogP contribution in [0.5, 0.6) is 5.75 Å². The van der Waals surface area contributed by atoms with E-state index in [1.54, 1.807) is 18.0 Å². The van der Waals surface area contributed by atoms with Gasteiger partial charge in [0.1, 0.15) is 5.75 Å². The summed E-state index contributed by atoms with van der Waals surface area (Å²) in [6.45, 7) is 3.43. The Morgan fingerprint density at radius 3 is 2.78 bits per heavy atom. The molecule has 0 fully saturated rings. The molecule has 3 heterocycles. The van der Waals surface area contributed by atoms with Crippen molar-refractivity contribution >= 4 is 11.6 Å². The van der Waals surface area contributed by atoms with E-state index in [1.807, 2.05) is 19.2 Å². The van der Waals surface area contributed by atoms with E-state index in [1.165, 1.54) is 16.8 Å². The number of anilines is 1. The normalized spacial score (nSPS) is 14.0. The molecule has 1 aliphatic heterocycles. The Kier molecular flexibility index (Phi) is 5.87. The van der Waals surface area contributed by atoms with Gasteiger partial charge in [-0.25, -0.2) is 14.6 Å². The largest absolute Gasteiger partial charge is 0.497 e. The number of aryl methyl sites for hydroxylation is 3. The van der Waals surface area contributed by atoms with Crippen molar-refractivity contribution in [2.24, 2.45) is 0 Å². The molecule has 8 heteroatoms. The van der Waals surface area contributed by atoms with E-state index in [0.717, 1.165) is 60.4 Å². The van der Waals surface area contributed by atoms with Gasteiger partial charge in [-0.05, 0) is 79.1 Å². The van der Waals surface area contributed by atoms with Gasteiger partial charge in [0.25, 0.3) is 11.9 Å². The first-order valence-electron chi connectivity index (χ1n) is 12.7. The van der Waals surface area contributed by atoms with Gasteiger partial charge in [0.2, 0.25) is 0 Å². The van der Waals surface area contributed by atoms with Gasteiger partial charge in [0.15, 0.2) is 0 Å². The van der Waals surface area contributed by atoms with Crippen LogP contribution in [0, 0.1) is 6.92 Å². The Labute approximate surface area is 216 Å². The quantitative estimate of drug-likeness (QED) is 0.451. The predicted molar refractivity (Wildman–Crippen MR) is 142 cm³/mol. The maximum absolute atomic E-state index is 13.1. The van der Waals surface area contributed by atoms with Crippen LogP contribution >= 0.6 is 0 Å².